The lowest BCUT2D eigenvalue weighted by molar-refractivity contribution is 0.384. The molecule has 0 saturated heterocycles. The van der Waals surface area contributed by atoms with Gasteiger partial charge >= 0.3 is 0 Å². The van der Waals surface area contributed by atoms with E-state index in [0.717, 1.165) is 17.1 Å². The second-order valence-corrected chi connectivity index (χ2v) is 4.70. The Kier molecular flexibility index (Phi) is 4.24. The fraction of sp³-hybridized carbons (Fsp3) is 0.200. The largest absolute Gasteiger partial charge is 0.457 e. The highest BCUT2D eigenvalue weighted by molar-refractivity contribution is 6.20. The molecule has 0 aliphatic heterocycles. The van der Waals surface area contributed by atoms with Gasteiger partial charge in [-0.2, -0.15) is 0 Å². The van der Waals surface area contributed by atoms with Gasteiger partial charge in [-0.1, -0.05) is 30.3 Å². The summed E-state index contributed by atoms with van der Waals surface area (Å²) in [7, 11) is 3.90. The highest BCUT2D eigenvalue weighted by Gasteiger charge is 2.09. The van der Waals surface area contributed by atoms with E-state index in [9.17, 15) is 0 Å². The molecule has 2 nitrogen and oxygen atoms in total. The van der Waals surface area contributed by atoms with Crippen LogP contribution in [0.4, 0.5) is 0 Å². The minimum Gasteiger partial charge on any atom is -0.457 e. The van der Waals surface area contributed by atoms with E-state index < -0.39 is 0 Å². The minimum absolute atomic E-state index is 0.115. The van der Waals surface area contributed by atoms with Gasteiger partial charge in [0.25, 0.3) is 0 Å². The Bertz CT molecular complexity index is 482. The van der Waals surface area contributed by atoms with Gasteiger partial charge in [0.15, 0.2) is 0 Å². The molecule has 0 aromatic heterocycles. The molecule has 18 heavy (non-hydrogen) atoms. The molecule has 0 spiro atoms. The average Bonchev–Trinajstić information content (AvgIpc) is 2.40. The van der Waals surface area contributed by atoms with Crippen LogP contribution < -0.4 is 4.74 Å². The first-order chi connectivity index (χ1) is 8.66. The number of rotatable bonds is 4. The maximum absolute atomic E-state index is 6.24. The molecule has 0 fully saturated rings. The van der Waals surface area contributed by atoms with Crippen molar-refractivity contribution in [2.75, 3.05) is 14.1 Å². The highest BCUT2D eigenvalue weighted by atomic mass is 35.5. The summed E-state index contributed by atoms with van der Waals surface area (Å²) in [6.07, 6.45) is 0. The molecule has 2 rings (SSSR count). The van der Waals surface area contributed by atoms with Gasteiger partial charge in [0, 0.05) is 0 Å². The van der Waals surface area contributed by atoms with E-state index in [1.165, 1.54) is 0 Å². The predicted octanol–water partition coefficient (Wildman–Crippen LogP) is 4.28. The minimum atomic E-state index is -0.115. The summed E-state index contributed by atoms with van der Waals surface area (Å²) in [5.41, 5.74) is 0.942. The lowest BCUT2D eigenvalue weighted by Crippen LogP contribution is -2.14. The molecule has 0 aliphatic rings. The monoisotopic (exact) mass is 261 g/mol. The van der Waals surface area contributed by atoms with E-state index in [1.807, 2.05) is 73.6 Å². The summed E-state index contributed by atoms with van der Waals surface area (Å²) in [6, 6.07) is 17.5. The highest BCUT2D eigenvalue weighted by Crippen LogP contribution is 2.26. The Morgan fingerprint density at radius 2 is 1.44 bits per heavy atom. The van der Waals surface area contributed by atoms with Crippen molar-refractivity contribution in [2.45, 2.75) is 5.50 Å². The fourth-order valence-electron chi connectivity index (χ4n) is 1.62. The molecule has 0 bridgehead atoms. The lowest BCUT2D eigenvalue weighted by atomic mass is 10.2. The van der Waals surface area contributed by atoms with Crippen molar-refractivity contribution in [3.8, 4) is 11.5 Å². The SMILES string of the molecule is CN(C)C(Cl)c1ccc(Oc2ccccc2)cc1. The first-order valence-corrected chi connectivity index (χ1v) is 6.24. The number of benzene rings is 2. The van der Waals surface area contributed by atoms with Crippen molar-refractivity contribution in [3.63, 3.8) is 0 Å². The van der Waals surface area contributed by atoms with E-state index in [2.05, 4.69) is 0 Å². The maximum atomic E-state index is 6.24. The van der Waals surface area contributed by atoms with Crippen molar-refractivity contribution in [1.82, 2.24) is 4.90 Å². The van der Waals surface area contributed by atoms with E-state index in [-0.39, 0.29) is 5.50 Å². The number of para-hydroxylation sites is 1. The third-order valence-electron chi connectivity index (χ3n) is 2.59. The molecular formula is C15H16ClNO. The van der Waals surface area contributed by atoms with E-state index >= 15 is 0 Å². The van der Waals surface area contributed by atoms with Gasteiger partial charge in [-0.3, -0.25) is 4.90 Å². The molecule has 2 aromatic carbocycles. The van der Waals surface area contributed by atoms with Crippen molar-refractivity contribution in [1.29, 1.82) is 0 Å². The molecule has 1 atom stereocenters. The van der Waals surface area contributed by atoms with E-state index in [1.54, 1.807) is 0 Å². The van der Waals surface area contributed by atoms with Crippen LogP contribution in [0.25, 0.3) is 0 Å². The van der Waals surface area contributed by atoms with Gasteiger partial charge in [0.2, 0.25) is 0 Å². The van der Waals surface area contributed by atoms with Crippen LogP contribution in [0.5, 0.6) is 11.5 Å². The quantitative estimate of drug-likeness (QED) is 0.602. The molecule has 1 unspecified atom stereocenters. The number of hydrogen-bond acceptors (Lipinski definition) is 2. The lowest BCUT2D eigenvalue weighted by Gasteiger charge is -2.18. The first-order valence-electron chi connectivity index (χ1n) is 5.80. The van der Waals surface area contributed by atoms with Crippen LogP contribution in [0, 0.1) is 0 Å². The molecule has 0 amide bonds. The van der Waals surface area contributed by atoms with Crippen LogP contribution in [-0.4, -0.2) is 19.0 Å². The van der Waals surface area contributed by atoms with Gasteiger partial charge in [-0.05, 0) is 43.9 Å². The zero-order chi connectivity index (χ0) is 13.0. The second kappa shape index (κ2) is 5.89. The van der Waals surface area contributed by atoms with Crippen LogP contribution >= 0.6 is 11.6 Å². The smallest absolute Gasteiger partial charge is 0.127 e. The van der Waals surface area contributed by atoms with Crippen molar-refractivity contribution in [3.05, 3.63) is 60.2 Å². The number of nitrogens with zero attached hydrogens (tertiary/aromatic N) is 1. The van der Waals surface area contributed by atoms with Crippen LogP contribution in [0.3, 0.4) is 0 Å². The Morgan fingerprint density at radius 1 is 0.889 bits per heavy atom. The standard InChI is InChI=1S/C15H16ClNO/c1-17(2)15(16)12-8-10-14(11-9-12)18-13-6-4-3-5-7-13/h3-11,15H,1-2H3. The zero-order valence-electron chi connectivity index (χ0n) is 10.5. The maximum Gasteiger partial charge on any atom is 0.127 e. The Hall–Kier alpha value is -1.51. The third-order valence-corrected chi connectivity index (χ3v) is 3.23. The average molecular weight is 262 g/mol. The summed E-state index contributed by atoms with van der Waals surface area (Å²) in [4.78, 5) is 1.95. The van der Waals surface area contributed by atoms with E-state index in [4.69, 9.17) is 16.3 Å². The normalized spacial score (nSPS) is 12.4. The van der Waals surface area contributed by atoms with Crippen molar-refractivity contribution in [2.24, 2.45) is 0 Å². The van der Waals surface area contributed by atoms with Crippen LogP contribution in [0.15, 0.2) is 54.6 Å². The number of ether oxygens (including phenoxy) is 1. The van der Waals surface area contributed by atoms with Gasteiger partial charge in [0.05, 0.1) is 0 Å². The molecular weight excluding hydrogens is 246 g/mol. The van der Waals surface area contributed by atoms with Crippen molar-refractivity contribution < 1.29 is 4.74 Å². The molecule has 3 heteroatoms. The van der Waals surface area contributed by atoms with E-state index in [0.29, 0.717) is 0 Å². The molecule has 0 heterocycles. The summed E-state index contributed by atoms with van der Waals surface area (Å²) in [5, 5.41) is 0. The molecule has 0 aliphatic carbocycles. The molecule has 0 radical (unpaired) electrons. The predicted molar refractivity (Wildman–Crippen MR) is 75.2 cm³/mol. The first kappa shape index (κ1) is 12.9. The van der Waals surface area contributed by atoms with Crippen molar-refractivity contribution >= 4 is 11.6 Å². The van der Waals surface area contributed by atoms with Gasteiger partial charge < -0.3 is 4.74 Å². The van der Waals surface area contributed by atoms with Crippen LogP contribution in [0.1, 0.15) is 11.1 Å². The molecule has 0 N–H and O–H groups in total. The summed E-state index contributed by atoms with van der Waals surface area (Å²) in [6.45, 7) is 0. The zero-order valence-corrected chi connectivity index (χ0v) is 11.3. The Labute approximate surface area is 113 Å². The molecule has 2 aromatic rings. The third kappa shape index (κ3) is 3.25. The Balaban J connectivity index is 2.09. The van der Waals surface area contributed by atoms with Crippen LogP contribution in [0.2, 0.25) is 0 Å². The van der Waals surface area contributed by atoms with Gasteiger partial charge in [0.1, 0.15) is 17.0 Å². The second-order valence-electron chi connectivity index (χ2n) is 4.28. The number of alkyl halides is 1. The fourth-order valence-corrected chi connectivity index (χ4v) is 1.76. The Morgan fingerprint density at radius 3 is 2.00 bits per heavy atom. The molecule has 0 saturated carbocycles. The van der Waals surface area contributed by atoms with Crippen LogP contribution in [-0.2, 0) is 0 Å². The summed E-state index contributed by atoms with van der Waals surface area (Å²) >= 11 is 6.24. The topological polar surface area (TPSA) is 12.5 Å². The molecule has 94 valence electrons. The number of hydrogen-bond donors (Lipinski definition) is 0. The summed E-state index contributed by atoms with van der Waals surface area (Å²) < 4.78 is 5.72. The van der Waals surface area contributed by atoms with Gasteiger partial charge in [-0.25, -0.2) is 0 Å². The summed E-state index contributed by atoms with van der Waals surface area (Å²) in [5.74, 6) is 1.65. The number of halogens is 1. The van der Waals surface area contributed by atoms with Gasteiger partial charge in [-0.15, -0.1) is 11.6 Å².